The Morgan fingerprint density at radius 2 is 2.11 bits per heavy atom. The van der Waals surface area contributed by atoms with Crippen LogP contribution in [0.2, 0.25) is 0 Å². The van der Waals surface area contributed by atoms with Crippen LogP contribution in [0.1, 0.15) is 36.9 Å². The first-order chi connectivity index (χ1) is 8.38. The van der Waals surface area contributed by atoms with E-state index in [1.165, 1.54) is 11.3 Å². The summed E-state index contributed by atoms with van der Waals surface area (Å²) in [5.41, 5.74) is 11.6. The predicted octanol–water partition coefficient (Wildman–Crippen LogP) is 2.06. The molecule has 1 amide bonds. The molecule has 18 heavy (non-hydrogen) atoms. The number of primary amides is 1. The van der Waals surface area contributed by atoms with Crippen molar-refractivity contribution in [1.29, 1.82) is 0 Å². The lowest BCUT2D eigenvalue weighted by Crippen LogP contribution is -2.18. The fourth-order valence-corrected chi connectivity index (χ4v) is 2.63. The molecule has 0 fully saturated rings. The minimum Gasteiger partial charge on any atom is -0.486 e. The van der Waals surface area contributed by atoms with Crippen molar-refractivity contribution < 1.29 is 9.53 Å². The van der Waals surface area contributed by atoms with Gasteiger partial charge < -0.3 is 21.1 Å². The number of carbonyl (C=O) groups excluding carboxylic acids is 1. The second-order valence-corrected chi connectivity index (χ2v) is 5.43. The van der Waals surface area contributed by atoms with Crippen LogP contribution in [0.5, 0.6) is 5.75 Å². The second kappa shape index (κ2) is 5.95. The number of nitrogens with zero attached hydrogens (tertiary/aromatic N) is 1. The Bertz CT molecular complexity index is 429. The summed E-state index contributed by atoms with van der Waals surface area (Å²) in [6, 6.07) is 0. The summed E-state index contributed by atoms with van der Waals surface area (Å²) in [6.07, 6.45) is 0.998. The van der Waals surface area contributed by atoms with Crippen molar-refractivity contribution in [2.24, 2.45) is 5.73 Å². The van der Waals surface area contributed by atoms with Crippen LogP contribution in [0.4, 0.5) is 10.7 Å². The quantitative estimate of drug-likeness (QED) is 0.829. The minimum atomic E-state index is -0.512. The molecule has 0 saturated heterocycles. The molecule has 5 nitrogen and oxygen atoms in total. The van der Waals surface area contributed by atoms with Crippen LogP contribution in [-0.4, -0.2) is 25.6 Å². The lowest BCUT2D eigenvalue weighted by molar-refractivity contribution is 0.100. The summed E-state index contributed by atoms with van der Waals surface area (Å²) in [5.74, 6) is 0.0574. The lowest BCUT2D eigenvalue weighted by Gasteiger charge is -2.19. The standard InChI is InChI=1S/C12H21N3O2S/c1-5-6-15(4)12-9(17-7(2)3)8(13)10(18-12)11(14)16/h7H,5-6,13H2,1-4H3,(H2,14,16). The molecule has 0 aliphatic rings. The van der Waals surface area contributed by atoms with Crippen molar-refractivity contribution >= 4 is 27.9 Å². The van der Waals surface area contributed by atoms with Crippen LogP contribution in [-0.2, 0) is 0 Å². The van der Waals surface area contributed by atoms with Gasteiger partial charge in [0, 0.05) is 13.6 Å². The molecule has 1 heterocycles. The normalized spacial score (nSPS) is 10.7. The summed E-state index contributed by atoms with van der Waals surface area (Å²) < 4.78 is 5.71. The molecule has 0 atom stereocenters. The van der Waals surface area contributed by atoms with Gasteiger partial charge in [0.1, 0.15) is 15.6 Å². The van der Waals surface area contributed by atoms with Gasteiger partial charge in [-0.25, -0.2) is 0 Å². The van der Waals surface area contributed by atoms with Crippen molar-refractivity contribution in [3.8, 4) is 5.75 Å². The number of carbonyl (C=O) groups is 1. The zero-order valence-corrected chi connectivity index (χ0v) is 12.1. The monoisotopic (exact) mass is 271 g/mol. The molecule has 0 spiro atoms. The first kappa shape index (κ1) is 14.6. The van der Waals surface area contributed by atoms with Gasteiger partial charge in [-0.1, -0.05) is 6.92 Å². The Morgan fingerprint density at radius 3 is 2.56 bits per heavy atom. The molecule has 0 saturated carbocycles. The first-order valence-electron chi connectivity index (χ1n) is 5.98. The smallest absolute Gasteiger partial charge is 0.261 e. The summed E-state index contributed by atoms with van der Waals surface area (Å²) in [7, 11) is 1.95. The molecule has 0 unspecified atom stereocenters. The van der Waals surface area contributed by atoms with Gasteiger partial charge in [0.2, 0.25) is 0 Å². The zero-order chi connectivity index (χ0) is 13.9. The highest BCUT2D eigenvalue weighted by atomic mass is 32.1. The Morgan fingerprint density at radius 1 is 1.50 bits per heavy atom. The number of ether oxygens (including phenoxy) is 1. The molecule has 0 radical (unpaired) electrons. The van der Waals surface area contributed by atoms with Gasteiger partial charge in [-0.2, -0.15) is 0 Å². The minimum absolute atomic E-state index is 0.00333. The first-order valence-corrected chi connectivity index (χ1v) is 6.79. The van der Waals surface area contributed by atoms with Gasteiger partial charge in [0.05, 0.1) is 6.10 Å². The predicted molar refractivity (Wildman–Crippen MR) is 76.6 cm³/mol. The van der Waals surface area contributed by atoms with E-state index in [9.17, 15) is 4.79 Å². The van der Waals surface area contributed by atoms with Crippen LogP contribution in [0.25, 0.3) is 0 Å². The van der Waals surface area contributed by atoms with Crippen molar-refractivity contribution in [3.05, 3.63) is 4.88 Å². The molecule has 1 rings (SSSR count). The summed E-state index contributed by atoms with van der Waals surface area (Å²) in [6.45, 7) is 6.80. The molecule has 4 N–H and O–H groups in total. The number of amides is 1. The third-order valence-electron chi connectivity index (χ3n) is 2.37. The maximum Gasteiger partial charge on any atom is 0.261 e. The largest absolute Gasteiger partial charge is 0.486 e. The van der Waals surface area contributed by atoms with Gasteiger partial charge >= 0.3 is 0 Å². The average molecular weight is 271 g/mol. The molecule has 0 aliphatic heterocycles. The summed E-state index contributed by atoms with van der Waals surface area (Å²) >= 11 is 1.29. The third kappa shape index (κ3) is 3.07. The molecule has 1 aromatic rings. The number of hydrogen-bond donors (Lipinski definition) is 2. The van der Waals surface area contributed by atoms with E-state index >= 15 is 0 Å². The van der Waals surface area contributed by atoms with E-state index in [-0.39, 0.29) is 6.10 Å². The van der Waals surface area contributed by atoms with E-state index in [1.807, 2.05) is 25.8 Å². The molecule has 0 bridgehead atoms. The summed E-state index contributed by atoms with van der Waals surface area (Å²) in [4.78, 5) is 13.7. The molecule has 0 aromatic carbocycles. The third-order valence-corrected chi connectivity index (χ3v) is 3.68. The number of thiophene rings is 1. The molecule has 6 heteroatoms. The van der Waals surface area contributed by atoms with E-state index in [0.29, 0.717) is 16.3 Å². The van der Waals surface area contributed by atoms with Crippen molar-refractivity contribution in [1.82, 2.24) is 0 Å². The highest BCUT2D eigenvalue weighted by Crippen LogP contribution is 2.44. The molecule has 102 valence electrons. The van der Waals surface area contributed by atoms with Crippen LogP contribution in [0.3, 0.4) is 0 Å². The molecule has 0 aliphatic carbocycles. The highest BCUT2D eigenvalue weighted by molar-refractivity contribution is 7.19. The van der Waals surface area contributed by atoms with Crippen LogP contribution in [0, 0.1) is 0 Å². The zero-order valence-electron chi connectivity index (χ0n) is 11.3. The average Bonchev–Trinajstić information content (AvgIpc) is 2.56. The second-order valence-electron chi connectivity index (χ2n) is 4.43. The lowest BCUT2D eigenvalue weighted by atomic mass is 10.3. The number of nitrogen functional groups attached to an aromatic ring is 1. The number of rotatable bonds is 6. The molecular weight excluding hydrogens is 250 g/mol. The van der Waals surface area contributed by atoms with Crippen molar-refractivity contribution in [3.63, 3.8) is 0 Å². The van der Waals surface area contributed by atoms with Crippen molar-refractivity contribution in [2.75, 3.05) is 24.2 Å². The van der Waals surface area contributed by atoms with E-state index in [2.05, 4.69) is 6.92 Å². The Hall–Kier alpha value is -1.43. The highest BCUT2D eigenvalue weighted by Gasteiger charge is 2.23. The van der Waals surface area contributed by atoms with E-state index in [0.717, 1.165) is 18.0 Å². The van der Waals surface area contributed by atoms with Gasteiger partial charge in [-0.05, 0) is 20.3 Å². The van der Waals surface area contributed by atoms with Gasteiger partial charge in [-0.3, -0.25) is 4.79 Å². The topological polar surface area (TPSA) is 81.6 Å². The van der Waals surface area contributed by atoms with E-state index < -0.39 is 5.91 Å². The fraction of sp³-hybridized carbons (Fsp3) is 0.583. The van der Waals surface area contributed by atoms with Crippen LogP contribution >= 0.6 is 11.3 Å². The van der Waals surface area contributed by atoms with Crippen LogP contribution < -0.4 is 21.1 Å². The Kier molecular flexibility index (Phi) is 4.84. The molecular formula is C12H21N3O2S. The van der Waals surface area contributed by atoms with E-state index in [4.69, 9.17) is 16.2 Å². The van der Waals surface area contributed by atoms with E-state index in [1.54, 1.807) is 0 Å². The Labute approximate surface area is 112 Å². The Balaban J connectivity index is 3.21. The maximum atomic E-state index is 11.3. The fourth-order valence-electron chi connectivity index (χ4n) is 1.64. The van der Waals surface area contributed by atoms with Crippen molar-refractivity contribution in [2.45, 2.75) is 33.3 Å². The van der Waals surface area contributed by atoms with Gasteiger partial charge in [0.25, 0.3) is 5.91 Å². The molecule has 1 aromatic heterocycles. The van der Waals surface area contributed by atoms with Crippen LogP contribution in [0.15, 0.2) is 0 Å². The number of anilines is 2. The van der Waals surface area contributed by atoms with Gasteiger partial charge in [-0.15, -0.1) is 11.3 Å². The SMILES string of the molecule is CCCN(C)c1sc(C(N)=O)c(N)c1OC(C)C. The number of nitrogens with two attached hydrogens (primary N) is 2. The van der Waals surface area contributed by atoms with Gasteiger partial charge in [0.15, 0.2) is 5.75 Å². The maximum absolute atomic E-state index is 11.3. The summed E-state index contributed by atoms with van der Waals surface area (Å²) in [5, 5.41) is 0.858. The number of hydrogen-bond acceptors (Lipinski definition) is 5.